The number of carbonyl (C=O) groups excluding carboxylic acids is 2. The zero-order chi connectivity index (χ0) is 13.9. The molecule has 0 fully saturated rings. The fraction of sp³-hybridized carbons (Fsp3) is 0.429. The third-order valence-corrected chi connectivity index (χ3v) is 3.45. The van der Waals surface area contributed by atoms with Crippen LogP contribution >= 0.6 is 11.8 Å². The van der Waals surface area contributed by atoms with E-state index < -0.39 is 0 Å². The van der Waals surface area contributed by atoms with Gasteiger partial charge in [0, 0.05) is 6.54 Å². The van der Waals surface area contributed by atoms with Crippen LogP contribution in [-0.4, -0.2) is 37.0 Å². The molecule has 104 valence electrons. The Labute approximate surface area is 117 Å². The highest BCUT2D eigenvalue weighted by Gasteiger charge is 2.03. The van der Waals surface area contributed by atoms with Gasteiger partial charge >= 0.3 is 5.97 Å². The van der Waals surface area contributed by atoms with Crippen molar-refractivity contribution in [2.24, 2.45) is 0 Å². The maximum Gasteiger partial charge on any atom is 0.307 e. The van der Waals surface area contributed by atoms with Gasteiger partial charge in [0.15, 0.2) is 0 Å². The molecule has 1 N–H and O–H groups in total. The van der Waals surface area contributed by atoms with Gasteiger partial charge in [0.2, 0.25) is 5.91 Å². The summed E-state index contributed by atoms with van der Waals surface area (Å²) in [4.78, 5) is 22.3. The van der Waals surface area contributed by atoms with Crippen LogP contribution < -0.4 is 5.32 Å². The van der Waals surface area contributed by atoms with Crippen LogP contribution in [0.1, 0.15) is 12.0 Å². The van der Waals surface area contributed by atoms with Crippen LogP contribution in [0.5, 0.6) is 0 Å². The molecule has 0 spiro atoms. The Hall–Kier alpha value is -1.49. The predicted molar refractivity (Wildman–Crippen MR) is 77.1 cm³/mol. The quantitative estimate of drug-likeness (QED) is 0.581. The number of esters is 1. The van der Waals surface area contributed by atoms with E-state index in [2.05, 4.69) is 22.2 Å². The second-order valence-electron chi connectivity index (χ2n) is 3.96. The summed E-state index contributed by atoms with van der Waals surface area (Å²) >= 11 is 1.59. The van der Waals surface area contributed by atoms with Crippen LogP contribution in [0.3, 0.4) is 0 Å². The predicted octanol–water partition coefficient (Wildman–Crippen LogP) is 1.64. The lowest BCUT2D eigenvalue weighted by atomic mass is 10.2. The van der Waals surface area contributed by atoms with E-state index in [0.29, 0.717) is 12.3 Å². The molecule has 4 nitrogen and oxygen atoms in total. The Balaban J connectivity index is 2.03. The highest BCUT2D eigenvalue weighted by Crippen LogP contribution is 2.06. The Bertz CT molecular complexity index is 395. The van der Waals surface area contributed by atoms with E-state index in [1.165, 1.54) is 12.7 Å². The molecule has 0 aliphatic heterocycles. The van der Waals surface area contributed by atoms with Crippen LogP contribution in [0.25, 0.3) is 0 Å². The molecule has 0 radical (unpaired) electrons. The standard InChI is InChI=1S/C14H19NO3S/c1-18-14(17)7-9-15-13(16)11-19-10-8-12-5-3-2-4-6-12/h2-6H,7-11H2,1H3,(H,15,16). The normalized spacial score (nSPS) is 9.95. The van der Waals surface area contributed by atoms with Crippen LogP contribution in [-0.2, 0) is 20.7 Å². The molecule has 0 heterocycles. The average Bonchev–Trinajstić information content (AvgIpc) is 2.44. The third kappa shape index (κ3) is 7.51. The SMILES string of the molecule is COC(=O)CCNC(=O)CSCCc1ccccc1. The third-order valence-electron chi connectivity index (χ3n) is 2.49. The smallest absolute Gasteiger partial charge is 0.307 e. The van der Waals surface area contributed by atoms with Crippen molar-refractivity contribution in [3.05, 3.63) is 35.9 Å². The number of benzene rings is 1. The lowest BCUT2D eigenvalue weighted by Gasteiger charge is -2.04. The summed E-state index contributed by atoms with van der Waals surface area (Å²) in [5, 5.41) is 2.69. The van der Waals surface area contributed by atoms with E-state index in [4.69, 9.17) is 0 Å². The molecular weight excluding hydrogens is 262 g/mol. The second-order valence-corrected chi connectivity index (χ2v) is 5.07. The highest BCUT2D eigenvalue weighted by molar-refractivity contribution is 7.99. The molecular formula is C14H19NO3S. The Kier molecular flexibility index (Phi) is 7.74. The lowest BCUT2D eigenvalue weighted by molar-refractivity contribution is -0.140. The monoisotopic (exact) mass is 281 g/mol. The first-order valence-electron chi connectivity index (χ1n) is 6.17. The summed E-state index contributed by atoms with van der Waals surface area (Å²) in [6.45, 7) is 0.338. The first kappa shape index (κ1) is 15.6. The summed E-state index contributed by atoms with van der Waals surface area (Å²) < 4.78 is 4.48. The van der Waals surface area contributed by atoms with Crippen LogP contribution in [0.2, 0.25) is 0 Å². The largest absolute Gasteiger partial charge is 0.469 e. The number of methoxy groups -OCH3 is 1. The minimum atomic E-state index is -0.308. The van der Waals surface area contributed by atoms with Gasteiger partial charge in [-0.15, -0.1) is 0 Å². The summed E-state index contributed by atoms with van der Waals surface area (Å²) in [6.07, 6.45) is 1.18. The molecule has 1 aromatic carbocycles. The van der Waals surface area contributed by atoms with E-state index in [1.807, 2.05) is 18.2 Å². The minimum Gasteiger partial charge on any atom is -0.469 e. The van der Waals surface area contributed by atoms with Crippen molar-refractivity contribution in [3.8, 4) is 0 Å². The van der Waals surface area contributed by atoms with Crippen molar-refractivity contribution in [1.82, 2.24) is 5.32 Å². The molecule has 0 bridgehead atoms. The van der Waals surface area contributed by atoms with Crippen molar-refractivity contribution in [3.63, 3.8) is 0 Å². The van der Waals surface area contributed by atoms with Crippen molar-refractivity contribution in [2.45, 2.75) is 12.8 Å². The molecule has 0 saturated carbocycles. The van der Waals surface area contributed by atoms with Gasteiger partial charge in [0.1, 0.15) is 0 Å². The lowest BCUT2D eigenvalue weighted by Crippen LogP contribution is -2.28. The van der Waals surface area contributed by atoms with Crippen molar-refractivity contribution >= 4 is 23.6 Å². The van der Waals surface area contributed by atoms with Gasteiger partial charge in [-0.3, -0.25) is 9.59 Å². The number of thioether (sulfide) groups is 1. The number of hydrogen-bond acceptors (Lipinski definition) is 4. The summed E-state index contributed by atoms with van der Waals surface area (Å²) in [6, 6.07) is 10.2. The maximum atomic E-state index is 11.4. The molecule has 0 aliphatic carbocycles. The Morgan fingerprint density at radius 2 is 2.00 bits per heavy atom. The van der Waals surface area contributed by atoms with Crippen LogP contribution in [0.15, 0.2) is 30.3 Å². The number of rotatable bonds is 8. The maximum absolute atomic E-state index is 11.4. The summed E-state index contributed by atoms with van der Waals surface area (Å²) in [5.74, 6) is 0.988. The summed E-state index contributed by atoms with van der Waals surface area (Å²) in [5.41, 5.74) is 1.28. The second kappa shape index (κ2) is 9.44. The number of aryl methyl sites for hydroxylation is 1. The first-order chi connectivity index (χ1) is 9.22. The fourth-order valence-corrected chi connectivity index (χ4v) is 2.27. The molecule has 0 atom stereocenters. The molecule has 5 heteroatoms. The topological polar surface area (TPSA) is 55.4 Å². The molecule has 0 aliphatic rings. The number of nitrogens with one attached hydrogen (secondary N) is 1. The minimum absolute atomic E-state index is 0.0398. The number of ether oxygens (including phenoxy) is 1. The van der Waals surface area contributed by atoms with E-state index in [-0.39, 0.29) is 18.3 Å². The fourth-order valence-electron chi connectivity index (χ4n) is 1.46. The molecule has 1 amide bonds. The zero-order valence-corrected chi connectivity index (χ0v) is 11.9. The van der Waals surface area contributed by atoms with Crippen LogP contribution in [0, 0.1) is 0 Å². The van der Waals surface area contributed by atoms with Crippen molar-refractivity contribution in [1.29, 1.82) is 0 Å². The van der Waals surface area contributed by atoms with Crippen LogP contribution in [0.4, 0.5) is 0 Å². The van der Waals surface area contributed by atoms with E-state index in [1.54, 1.807) is 11.8 Å². The number of hydrogen-bond donors (Lipinski definition) is 1. The summed E-state index contributed by atoms with van der Waals surface area (Å²) in [7, 11) is 1.34. The van der Waals surface area contributed by atoms with Crippen molar-refractivity contribution < 1.29 is 14.3 Å². The van der Waals surface area contributed by atoms with Gasteiger partial charge in [0.05, 0.1) is 19.3 Å². The molecule has 1 aromatic rings. The van der Waals surface area contributed by atoms with Gasteiger partial charge in [-0.2, -0.15) is 11.8 Å². The molecule has 0 unspecified atom stereocenters. The van der Waals surface area contributed by atoms with E-state index in [0.717, 1.165) is 12.2 Å². The van der Waals surface area contributed by atoms with Gasteiger partial charge in [-0.1, -0.05) is 30.3 Å². The van der Waals surface area contributed by atoms with Gasteiger partial charge in [-0.05, 0) is 17.7 Å². The van der Waals surface area contributed by atoms with Gasteiger partial charge in [0.25, 0.3) is 0 Å². The molecule has 0 saturated heterocycles. The average molecular weight is 281 g/mol. The number of carbonyl (C=O) groups is 2. The Morgan fingerprint density at radius 3 is 2.68 bits per heavy atom. The first-order valence-corrected chi connectivity index (χ1v) is 7.33. The molecule has 19 heavy (non-hydrogen) atoms. The highest BCUT2D eigenvalue weighted by atomic mass is 32.2. The molecule has 0 aromatic heterocycles. The van der Waals surface area contributed by atoms with Crippen molar-refractivity contribution in [2.75, 3.05) is 25.2 Å². The van der Waals surface area contributed by atoms with E-state index >= 15 is 0 Å². The zero-order valence-electron chi connectivity index (χ0n) is 11.1. The Morgan fingerprint density at radius 1 is 1.26 bits per heavy atom. The molecule has 1 rings (SSSR count). The van der Waals surface area contributed by atoms with Gasteiger partial charge in [-0.25, -0.2) is 0 Å². The van der Waals surface area contributed by atoms with E-state index in [9.17, 15) is 9.59 Å². The van der Waals surface area contributed by atoms with Gasteiger partial charge < -0.3 is 10.1 Å². The number of amides is 1.